The molecule has 0 radical (unpaired) electrons. The summed E-state index contributed by atoms with van der Waals surface area (Å²) in [5, 5.41) is 32.2. The smallest absolute Gasteiger partial charge is 0.0883 e. The van der Waals surface area contributed by atoms with Crippen LogP contribution < -0.4 is 0 Å². The predicted molar refractivity (Wildman–Crippen MR) is 143 cm³/mol. The Kier molecular flexibility index (Phi) is 14.8. The zero-order valence-electron chi connectivity index (χ0n) is 22.2. The summed E-state index contributed by atoms with van der Waals surface area (Å²) < 4.78 is 28.0. The van der Waals surface area contributed by atoms with Crippen molar-refractivity contribution in [3.05, 3.63) is 71.3 Å². The molecule has 1 aliphatic rings. The average Bonchev–Trinajstić information content (AvgIpc) is 2.94. The lowest BCUT2D eigenvalue weighted by Crippen LogP contribution is -2.41. The molecule has 2 aromatic rings. The molecule has 0 bridgehead atoms. The Hall–Kier alpha value is -1.92. The summed E-state index contributed by atoms with van der Waals surface area (Å²) in [6, 6.07) is 16.8. The van der Waals surface area contributed by atoms with Crippen LogP contribution in [0.15, 0.2) is 54.6 Å². The molecule has 1 aliphatic heterocycles. The first-order valence-electron chi connectivity index (χ1n) is 13.4. The number of ether oxygens (including phenoxy) is 5. The Morgan fingerprint density at radius 2 is 1.08 bits per heavy atom. The van der Waals surface area contributed by atoms with Crippen LogP contribution in [0.5, 0.6) is 0 Å². The molecule has 0 unspecified atom stereocenters. The molecule has 1 heterocycles. The quantitative estimate of drug-likeness (QED) is 0.490. The molecule has 0 spiro atoms. The van der Waals surface area contributed by atoms with Crippen LogP contribution in [0.3, 0.4) is 0 Å². The van der Waals surface area contributed by atoms with Crippen molar-refractivity contribution in [2.75, 3.05) is 85.7 Å². The van der Waals surface area contributed by atoms with Crippen LogP contribution in [0.1, 0.15) is 28.7 Å². The van der Waals surface area contributed by atoms with Crippen LogP contribution in [0.4, 0.5) is 0 Å². The average molecular weight is 534 g/mol. The summed E-state index contributed by atoms with van der Waals surface area (Å²) >= 11 is 0. The van der Waals surface area contributed by atoms with Gasteiger partial charge in [0.1, 0.15) is 0 Å². The van der Waals surface area contributed by atoms with E-state index in [-0.39, 0.29) is 6.61 Å². The molecule has 3 rings (SSSR count). The zero-order valence-corrected chi connectivity index (χ0v) is 22.2. The Morgan fingerprint density at radius 3 is 1.55 bits per heavy atom. The summed E-state index contributed by atoms with van der Waals surface area (Å²) in [6.07, 6.45) is -1.78. The first-order chi connectivity index (χ1) is 18.7. The lowest BCUT2D eigenvalue weighted by atomic mass is 9.84. The zero-order chi connectivity index (χ0) is 26.8. The van der Waals surface area contributed by atoms with Gasteiger partial charge in [0.25, 0.3) is 0 Å². The lowest BCUT2D eigenvalue weighted by molar-refractivity contribution is -0.0240. The fourth-order valence-corrected chi connectivity index (χ4v) is 4.36. The van der Waals surface area contributed by atoms with Crippen molar-refractivity contribution in [1.29, 1.82) is 0 Å². The van der Waals surface area contributed by atoms with Gasteiger partial charge < -0.3 is 39.0 Å². The van der Waals surface area contributed by atoms with Crippen LogP contribution in [-0.4, -0.2) is 112 Å². The van der Waals surface area contributed by atoms with E-state index in [4.69, 9.17) is 23.7 Å². The van der Waals surface area contributed by atoms with Crippen molar-refractivity contribution in [2.24, 2.45) is 0 Å². The number of benzene rings is 2. The van der Waals surface area contributed by atoms with E-state index in [0.29, 0.717) is 91.3 Å². The van der Waals surface area contributed by atoms with E-state index in [1.165, 1.54) is 0 Å². The van der Waals surface area contributed by atoms with Crippen molar-refractivity contribution in [3.8, 4) is 0 Å². The van der Waals surface area contributed by atoms with Crippen molar-refractivity contribution < 1.29 is 39.0 Å². The molecule has 0 amide bonds. The van der Waals surface area contributed by atoms with Gasteiger partial charge in [-0.05, 0) is 16.7 Å². The minimum Gasteiger partial charge on any atom is -0.392 e. The van der Waals surface area contributed by atoms with Gasteiger partial charge in [0, 0.05) is 25.6 Å². The number of nitrogens with zero attached hydrogens (tertiary/aromatic N) is 1. The molecule has 3 N–H and O–H groups in total. The molecule has 2 aromatic carbocycles. The van der Waals surface area contributed by atoms with Crippen LogP contribution in [0.25, 0.3) is 0 Å². The number of β-amino-alcohol motifs (C(OH)–C–C–N with tert-alkyl or cyclic N) is 1. The molecule has 3 atom stereocenters. The molecule has 9 nitrogen and oxygen atoms in total. The normalized spacial score (nSPS) is 20.6. The van der Waals surface area contributed by atoms with E-state index in [0.717, 1.165) is 11.1 Å². The summed E-state index contributed by atoms with van der Waals surface area (Å²) in [4.78, 5) is 2.10. The molecule has 1 fully saturated rings. The van der Waals surface area contributed by atoms with Crippen LogP contribution in [0, 0.1) is 0 Å². The number of hydrogen-bond acceptors (Lipinski definition) is 9. The Balaban J connectivity index is 1.65. The lowest BCUT2D eigenvalue weighted by Gasteiger charge is -2.32. The standard InChI is InChI=1S/C29H43NO8/c31-23-24-6-8-26(9-7-24)29(33)28(25-4-2-1-3-5-25)27(32)22-30-10-12-34-14-16-36-18-20-38-21-19-37-17-15-35-13-11-30/h1-9,27-29,31-33H,10-23H2/t27-,28-,29+/m1/s1. The van der Waals surface area contributed by atoms with E-state index in [2.05, 4.69) is 4.90 Å². The Bertz CT molecular complexity index is 835. The van der Waals surface area contributed by atoms with Gasteiger partial charge in [0.15, 0.2) is 0 Å². The fraction of sp³-hybridized carbons (Fsp3) is 0.586. The van der Waals surface area contributed by atoms with Crippen molar-refractivity contribution in [1.82, 2.24) is 4.90 Å². The molecule has 212 valence electrons. The largest absolute Gasteiger partial charge is 0.392 e. The van der Waals surface area contributed by atoms with Crippen LogP contribution in [0.2, 0.25) is 0 Å². The SMILES string of the molecule is OCc1ccc([C@H](O)[C@H](c2ccccc2)[C@H](O)CN2CCOCCOCCOCCOCCOCC2)cc1. The number of hydrogen-bond donors (Lipinski definition) is 3. The van der Waals surface area contributed by atoms with Crippen LogP contribution >= 0.6 is 0 Å². The highest BCUT2D eigenvalue weighted by atomic mass is 16.6. The molecule has 0 saturated carbocycles. The summed E-state index contributed by atoms with van der Waals surface area (Å²) in [7, 11) is 0. The summed E-state index contributed by atoms with van der Waals surface area (Å²) in [5.41, 5.74) is 2.31. The third-order valence-corrected chi connectivity index (χ3v) is 6.48. The van der Waals surface area contributed by atoms with Crippen molar-refractivity contribution in [3.63, 3.8) is 0 Å². The van der Waals surface area contributed by atoms with Crippen molar-refractivity contribution in [2.45, 2.75) is 24.7 Å². The second-order valence-electron chi connectivity index (χ2n) is 9.21. The van der Waals surface area contributed by atoms with Gasteiger partial charge in [-0.15, -0.1) is 0 Å². The molecular weight excluding hydrogens is 490 g/mol. The van der Waals surface area contributed by atoms with Gasteiger partial charge in [0.2, 0.25) is 0 Å². The number of rotatable bonds is 7. The first kappa shape index (κ1) is 30.6. The predicted octanol–water partition coefficient (Wildman–Crippen LogP) is 1.76. The van der Waals surface area contributed by atoms with Gasteiger partial charge in [-0.1, -0.05) is 54.6 Å². The molecule has 9 heteroatoms. The minimum absolute atomic E-state index is 0.0626. The highest BCUT2D eigenvalue weighted by Crippen LogP contribution is 2.34. The second-order valence-corrected chi connectivity index (χ2v) is 9.21. The van der Waals surface area contributed by atoms with E-state index in [1.54, 1.807) is 24.3 Å². The van der Waals surface area contributed by atoms with Crippen molar-refractivity contribution >= 4 is 0 Å². The Morgan fingerprint density at radius 1 is 0.605 bits per heavy atom. The maximum absolute atomic E-state index is 11.5. The van der Waals surface area contributed by atoms with E-state index in [9.17, 15) is 15.3 Å². The van der Waals surface area contributed by atoms with Gasteiger partial charge in [0.05, 0.1) is 84.9 Å². The highest BCUT2D eigenvalue weighted by molar-refractivity contribution is 5.30. The Labute approximate surface area is 225 Å². The van der Waals surface area contributed by atoms with Gasteiger partial charge in [-0.25, -0.2) is 0 Å². The second kappa shape index (κ2) is 18.4. The first-order valence-corrected chi connectivity index (χ1v) is 13.4. The van der Waals surface area contributed by atoms with E-state index in [1.807, 2.05) is 30.3 Å². The highest BCUT2D eigenvalue weighted by Gasteiger charge is 2.31. The third-order valence-electron chi connectivity index (χ3n) is 6.48. The monoisotopic (exact) mass is 533 g/mol. The molecule has 0 aliphatic carbocycles. The number of aliphatic hydroxyl groups excluding tert-OH is 3. The summed E-state index contributed by atoms with van der Waals surface area (Å²) in [6.45, 7) is 6.43. The number of aliphatic hydroxyl groups is 3. The summed E-state index contributed by atoms with van der Waals surface area (Å²) in [5.74, 6) is -0.546. The van der Waals surface area contributed by atoms with Gasteiger partial charge >= 0.3 is 0 Å². The molecular formula is C29H43NO8. The van der Waals surface area contributed by atoms with Crippen LogP contribution in [-0.2, 0) is 30.3 Å². The maximum atomic E-state index is 11.5. The topological polar surface area (TPSA) is 110 Å². The third kappa shape index (κ3) is 11.1. The minimum atomic E-state index is -0.925. The molecule has 0 aromatic heterocycles. The van der Waals surface area contributed by atoms with E-state index < -0.39 is 18.1 Å². The van der Waals surface area contributed by atoms with E-state index >= 15 is 0 Å². The molecule has 38 heavy (non-hydrogen) atoms. The molecule has 1 saturated heterocycles. The fourth-order valence-electron chi connectivity index (χ4n) is 4.36. The van der Waals surface area contributed by atoms with Gasteiger partial charge in [-0.3, -0.25) is 4.90 Å². The maximum Gasteiger partial charge on any atom is 0.0883 e. The van der Waals surface area contributed by atoms with Gasteiger partial charge in [-0.2, -0.15) is 0 Å².